The number of fused-ring (bicyclic) bond motifs is 1. The Hall–Kier alpha value is -1.58. The molecule has 0 radical (unpaired) electrons. The van der Waals surface area contributed by atoms with Gasteiger partial charge in [0.15, 0.2) is 13.9 Å². The van der Waals surface area contributed by atoms with Gasteiger partial charge >= 0.3 is 6.18 Å². The van der Waals surface area contributed by atoms with E-state index in [1.54, 1.807) is 37.8 Å². The summed E-state index contributed by atoms with van der Waals surface area (Å²) in [6, 6.07) is 7.86. The molecule has 1 aliphatic rings. The molecule has 0 bridgehead atoms. The maximum atomic E-state index is 14.1. The van der Waals surface area contributed by atoms with E-state index in [1.165, 1.54) is 18.3 Å². The van der Waals surface area contributed by atoms with Crippen molar-refractivity contribution in [3.63, 3.8) is 0 Å². The van der Waals surface area contributed by atoms with Crippen LogP contribution in [0.3, 0.4) is 0 Å². The van der Waals surface area contributed by atoms with Gasteiger partial charge in [-0.05, 0) is 63.2 Å². The molecule has 2 aromatic rings. The maximum absolute atomic E-state index is 14.1. The number of benzene rings is 1. The minimum absolute atomic E-state index is 0.0470. The molecule has 0 amide bonds. The lowest BCUT2D eigenvalue weighted by molar-refractivity contribution is -0.256. The van der Waals surface area contributed by atoms with E-state index < -0.39 is 36.5 Å². The van der Waals surface area contributed by atoms with Gasteiger partial charge < -0.3 is 4.43 Å². The van der Waals surface area contributed by atoms with Gasteiger partial charge in [0.05, 0.1) is 4.90 Å². The lowest BCUT2D eigenvalue weighted by Gasteiger charge is -2.43. The predicted octanol–water partition coefficient (Wildman–Crippen LogP) is 4.67. The molecule has 0 aliphatic heterocycles. The van der Waals surface area contributed by atoms with Crippen molar-refractivity contribution in [1.29, 1.82) is 0 Å². The first kappa shape index (κ1) is 21.1. The molecule has 0 saturated carbocycles. The van der Waals surface area contributed by atoms with Crippen molar-refractivity contribution in [3.8, 4) is 0 Å². The summed E-state index contributed by atoms with van der Waals surface area (Å²) >= 11 is 0. The topological polar surface area (TPSA) is 48.3 Å². The molecule has 1 aromatic heterocycles. The highest BCUT2D eigenvalue weighted by molar-refractivity contribution is 7.90. The van der Waals surface area contributed by atoms with Gasteiger partial charge in [-0.2, -0.15) is 13.2 Å². The summed E-state index contributed by atoms with van der Waals surface area (Å²) in [5, 5.41) is 0. The minimum Gasteiger partial charge on any atom is -0.403 e. The summed E-state index contributed by atoms with van der Waals surface area (Å²) in [6.07, 6.45) is -3.83. The van der Waals surface area contributed by atoms with Crippen molar-refractivity contribution in [2.24, 2.45) is 0 Å². The van der Waals surface area contributed by atoms with Crippen LogP contribution < -0.4 is 0 Å². The molecule has 1 aromatic carbocycles. The SMILES string of the molecule is Cc1ccc(S(=O)(=O)n2ccc3c2CC(O[Si](C)(C)C)(C(F)(F)F)CC3)cc1. The van der Waals surface area contributed by atoms with Gasteiger partial charge in [-0.15, -0.1) is 0 Å². The number of aryl methyl sites for hydroxylation is 2. The normalized spacial score (nSPS) is 20.8. The Morgan fingerprint density at radius 2 is 1.71 bits per heavy atom. The second-order valence-corrected chi connectivity index (χ2v) is 14.5. The van der Waals surface area contributed by atoms with Crippen LogP contribution in [0.4, 0.5) is 13.2 Å². The quantitative estimate of drug-likeness (QED) is 0.661. The summed E-state index contributed by atoms with van der Waals surface area (Å²) < 4.78 is 75.0. The van der Waals surface area contributed by atoms with E-state index in [0.717, 1.165) is 9.54 Å². The summed E-state index contributed by atoms with van der Waals surface area (Å²) in [6.45, 7) is 6.95. The number of halogens is 3. The molecular weight excluding hydrogens is 407 g/mol. The van der Waals surface area contributed by atoms with E-state index in [-0.39, 0.29) is 23.4 Å². The third kappa shape index (κ3) is 3.79. The van der Waals surface area contributed by atoms with Gasteiger partial charge in [-0.1, -0.05) is 17.7 Å². The fraction of sp³-hybridized carbons (Fsp3) is 0.474. The smallest absolute Gasteiger partial charge is 0.403 e. The van der Waals surface area contributed by atoms with Crippen LogP contribution in [0.5, 0.6) is 0 Å². The fourth-order valence-electron chi connectivity index (χ4n) is 3.62. The standard InChI is InChI=1S/C19H24F3NO3SSi/c1-14-5-7-16(8-6-14)27(24,25)23-12-10-15-9-11-18(13-17(15)23,19(20,21)22)26-28(2,3)4/h5-8,10,12H,9,11,13H2,1-4H3. The first-order valence-corrected chi connectivity index (χ1v) is 13.9. The van der Waals surface area contributed by atoms with Crippen molar-refractivity contribution in [1.82, 2.24) is 3.97 Å². The first-order valence-electron chi connectivity index (χ1n) is 9.03. The van der Waals surface area contributed by atoms with Crippen molar-refractivity contribution >= 4 is 18.3 Å². The van der Waals surface area contributed by atoms with E-state index in [2.05, 4.69) is 0 Å². The highest BCUT2D eigenvalue weighted by Gasteiger charge is 2.59. The zero-order valence-electron chi connectivity index (χ0n) is 16.3. The average molecular weight is 432 g/mol. The number of hydrogen-bond acceptors (Lipinski definition) is 3. The predicted molar refractivity (Wildman–Crippen MR) is 103 cm³/mol. The molecule has 154 valence electrons. The van der Waals surface area contributed by atoms with Crippen LogP contribution in [0, 0.1) is 6.92 Å². The summed E-state index contributed by atoms with van der Waals surface area (Å²) in [5.41, 5.74) is -0.686. The Balaban J connectivity index is 2.09. The van der Waals surface area contributed by atoms with Gasteiger partial charge in [0, 0.05) is 18.3 Å². The lowest BCUT2D eigenvalue weighted by Crippen LogP contribution is -2.56. The first-order chi connectivity index (χ1) is 12.8. The van der Waals surface area contributed by atoms with Gasteiger partial charge in [0.25, 0.3) is 10.0 Å². The van der Waals surface area contributed by atoms with Gasteiger partial charge in [0.2, 0.25) is 0 Å². The molecule has 1 atom stereocenters. The number of aromatic nitrogens is 1. The minimum atomic E-state index is -4.59. The van der Waals surface area contributed by atoms with Crippen molar-refractivity contribution in [2.75, 3.05) is 0 Å². The summed E-state index contributed by atoms with van der Waals surface area (Å²) in [7, 11) is -6.53. The molecule has 9 heteroatoms. The lowest BCUT2D eigenvalue weighted by atomic mass is 9.83. The molecule has 0 saturated heterocycles. The number of hydrogen-bond donors (Lipinski definition) is 0. The third-order valence-corrected chi connectivity index (χ3v) is 7.63. The molecule has 0 spiro atoms. The zero-order chi connectivity index (χ0) is 21.0. The molecule has 3 rings (SSSR count). The van der Waals surface area contributed by atoms with E-state index in [9.17, 15) is 21.6 Å². The Bertz CT molecular complexity index is 975. The van der Waals surface area contributed by atoms with Crippen LogP contribution in [-0.2, 0) is 27.3 Å². The molecule has 1 unspecified atom stereocenters. The van der Waals surface area contributed by atoms with Crippen LogP contribution in [-0.4, -0.2) is 32.5 Å². The Labute approximate surface area is 164 Å². The van der Waals surface area contributed by atoms with Crippen molar-refractivity contribution < 1.29 is 26.0 Å². The van der Waals surface area contributed by atoms with Crippen LogP contribution in [0.15, 0.2) is 41.4 Å². The van der Waals surface area contributed by atoms with E-state index in [4.69, 9.17) is 4.43 Å². The molecule has 28 heavy (non-hydrogen) atoms. The monoisotopic (exact) mass is 431 g/mol. The Kier molecular flexibility index (Phi) is 5.09. The Morgan fingerprint density at radius 1 is 1.11 bits per heavy atom. The van der Waals surface area contributed by atoms with Crippen molar-refractivity contribution in [2.45, 2.75) is 62.5 Å². The van der Waals surface area contributed by atoms with E-state index in [1.807, 2.05) is 6.92 Å². The number of alkyl halides is 3. The largest absolute Gasteiger partial charge is 0.416 e. The summed E-state index contributed by atoms with van der Waals surface area (Å²) in [5.74, 6) is 0. The third-order valence-electron chi connectivity index (χ3n) is 4.89. The van der Waals surface area contributed by atoms with Gasteiger partial charge in [-0.25, -0.2) is 12.4 Å². The second kappa shape index (κ2) is 6.74. The van der Waals surface area contributed by atoms with Crippen LogP contribution in [0.1, 0.15) is 23.2 Å². The van der Waals surface area contributed by atoms with Crippen LogP contribution in [0.25, 0.3) is 0 Å². The fourth-order valence-corrected chi connectivity index (χ4v) is 6.48. The molecule has 1 aliphatic carbocycles. The number of rotatable bonds is 4. The molecule has 1 heterocycles. The molecule has 4 nitrogen and oxygen atoms in total. The highest BCUT2D eigenvalue weighted by Crippen LogP contribution is 2.45. The summed E-state index contributed by atoms with van der Waals surface area (Å²) in [4.78, 5) is 0.0470. The highest BCUT2D eigenvalue weighted by atomic mass is 32.2. The van der Waals surface area contributed by atoms with E-state index in [0.29, 0.717) is 5.56 Å². The second-order valence-electron chi connectivity index (χ2n) is 8.28. The van der Waals surface area contributed by atoms with Gasteiger partial charge in [-0.3, -0.25) is 0 Å². The van der Waals surface area contributed by atoms with Crippen molar-refractivity contribution in [3.05, 3.63) is 53.3 Å². The Morgan fingerprint density at radius 3 is 2.25 bits per heavy atom. The number of nitrogens with zero attached hydrogens (tertiary/aromatic N) is 1. The molecular formula is C19H24F3NO3SSi. The molecule has 0 fully saturated rings. The average Bonchev–Trinajstić information content (AvgIpc) is 2.96. The van der Waals surface area contributed by atoms with Crippen LogP contribution in [0.2, 0.25) is 19.6 Å². The van der Waals surface area contributed by atoms with Gasteiger partial charge in [0.1, 0.15) is 0 Å². The molecule has 0 N–H and O–H groups in total. The van der Waals surface area contributed by atoms with Crippen LogP contribution >= 0.6 is 0 Å². The zero-order valence-corrected chi connectivity index (χ0v) is 18.1. The van der Waals surface area contributed by atoms with E-state index >= 15 is 0 Å². The maximum Gasteiger partial charge on any atom is 0.416 e.